The topological polar surface area (TPSA) is 38.3 Å². The van der Waals surface area contributed by atoms with Crippen LogP contribution in [0.4, 0.5) is 4.39 Å². The molecule has 0 saturated carbocycles. The summed E-state index contributed by atoms with van der Waals surface area (Å²) < 4.78 is 18.6. The zero-order valence-electron chi connectivity index (χ0n) is 15.4. The molecule has 0 aliphatic heterocycles. The molecule has 0 spiro atoms. The highest BCUT2D eigenvalue weighted by atomic mass is 32.1. The van der Waals surface area contributed by atoms with Gasteiger partial charge in [-0.15, -0.1) is 11.3 Å². The molecule has 1 N–H and O–H groups in total. The Balaban J connectivity index is 1.60. The minimum atomic E-state index is -0.295. The Morgan fingerprint density at radius 2 is 1.85 bits per heavy atom. The molecule has 5 heteroatoms. The maximum Gasteiger partial charge on any atom is 0.261 e. The molecule has 1 atom stereocenters. The lowest BCUT2D eigenvalue weighted by Gasteiger charge is -2.17. The minimum absolute atomic E-state index is 0.0147. The highest BCUT2D eigenvalue weighted by Gasteiger charge is 2.16. The largest absolute Gasteiger partial charge is 0.489 e. The van der Waals surface area contributed by atoms with E-state index in [1.807, 2.05) is 18.4 Å². The molecule has 0 aliphatic carbocycles. The molecule has 1 aromatic heterocycles. The second kappa shape index (κ2) is 8.82. The van der Waals surface area contributed by atoms with Gasteiger partial charge < -0.3 is 10.1 Å². The van der Waals surface area contributed by atoms with Crippen molar-refractivity contribution >= 4 is 17.2 Å². The van der Waals surface area contributed by atoms with Crippen molar-refractivity contribution in [3.8, 4) is 5.75 Å². The fourth-order valence-electron chi connectivity index (χ4n) is 2.72. The van der Waals surface area contributed by atoms with Crippen molar-refractivity contribution in [1.82, 2.24) is 5.32 Å². The number of amides is 1. The number of nitrogens with one attached hydrogen (secondary N) is 1. The first-order chi connectivity index (χ1) is 13.0. The molecule has 140 valence electrons. The van der Waals surface area contributed by atoms with Crippen LogP contribution in [0.2, 0.25) is 0 Å². The summed E-state index contributed by atoms with van der Waals surface area (Å²) in [6.45, 7) is 4.44. The van der Waals surface area contributed by atoms with E-state index in [9.17, 15) is 9.18 Å². The van der Waals surface area contributed by atoms with Gasteiger partial charge in [0.25, 0.3) is 5.91 Å². The maximum atomic E-state index is 12.9. The van der Waals surface area contributed by atoms with Gasteiger partial charge in [0.1, 0.15) is 18.2 Å². The predicted molar refractivity (Wildman–Crippen MR) is 107 cm³/mol. The van der Waals surface area contributed by atoms with E-state index in [1.165, 1.54) is 29.0 Å². The van der Waals surface area contributed by atoms with Crippen LogP contribution >= 0.6 is 11.3 Å². The summed E-state index contributed by atoms with van der Waals surface area (Å²) in [7, 11) is 0. The molecule has 0 fully saturated rings. The number of carbonyl (C=O) groups excluding carboxylic acids is 1. The number of carbonyl (C=O) groups is 1. The molecule has 1 amide bonds. The van der Waals surface area contributed by atoms with Gasteiger partial charge in [-0.25, -0.2) is 4.39 Å². The van der Waals surface area contributed by atoms with Crippen molar-refractivity contribution in [2.45, 2.75) is 32.9 Å². The first-order valence-electron chi connectivity index (χ1n) is 8.88. The summed E-state index contributed by atoms with van der Waals surface area (Å²) in [6.07, 6.45) is 0.820. The predicted octanol–water partition coefficient (Wildman–Crippen LogP) is 5.66. The van der Waals surface area contributed by atoms with Gasteiger partial charge in [-0.2, -0.15) is 0 Å². The van der Waals surface area contributed by atoms with Crippen molar-refractivity contribution < 1.29 is 13.9 Å². The van der Waals surface area contributed by atoms with Gasteiger partial charge in [0.2, 0.25) is 0 Å². The lowest BCUT2D eigenvalue weighted by atomic mass is 10.0. The standard InChI is InChI=1S/C22H22FNO2S/c1-3-20(17-6-4-15(2)5-7-17)24-22(25)21-12-16(14-27-21)13-26-19-10-8-18(23)9-11-19/h4-12,14,20H,3,13H2,1-2H3,(H,24,25). The lowest BCUT2D eigenvalue weighted by Crippen LogP contribution is -2.27. The average molecular weight is 383 g/mol. The summed E-state index contributed by atoms with van der Waals surface area (Å²) in [5, 5.41) is 5.01. The van der Waals surface area contributed by atoms with E-state index in [-0.39, 0.29) is 17.8 Å². The van der Waals surface area contributed by atoms with Gasteiger partial charge in [0.15, 0.2) is 0 Å². The Morgan fingerprint density at radius 3 is 2.52 bits per heavy atom. The van der Waals surface area contributed by atoms with Crippen LogP contribution in [0.15, 0.2) is 60.0 Å². The Bertz CT molecular complexity index is 887. The van der Waals surface area contributed by atoms with Crippen LogP contribution in [0.3, 0.4) is 0 Å². The van der Waals surface area contributed by atoms with Gasteiger partial charge in [0, 0.05) is 5.56 Å². The second-order valence-electron chi connectivity index (χ2n) is 6.41. The Labute approximate surface area is 162 Å². The number of halogens is 1. The lowest BCUT2D eigenvalue weighted by molar-refractivity contribution is 0.0939. The van der Waals surface area contributed by atoms with Crippen molar-refractivity contribution in [2.75, 3.05) is 0 Å². The van der Waals surface area contributed by atoms with Crippen molar-refractivity contribution in [3.05, 3.63) is 87.4 Å². The summed E-state index contributed by atoms with van der Waals surface area (Å²) in [5.41, 5.74) is 3.22. The molecule has 3 aromatic rings. The molecule has 0 radical (unpaired) electrons. The van der Waals surface area contributed by atoms with Crippen LogP contribution in [0.25, 0.3) is 0 Å². The van der Waals surface area contributed by atoms with E-state index in [1.54, 1.807) is 12.1 Å². The summed E-state index contributed by atoms with van der Waals surface area (Å²) in [4.78, 5) is 13.2. The van der Waals surface area contributed by atoms with Crippen LogP contribution in [0, 0.1) is 12.7 Å². The van der Waals surface area contributed by atoms with Gasteiger partial charge in [-0.1, -0.05) is 36.8 Å². The molecule has 3 nitrogen and oxygen atoms in total. The zero-order valence-corrected chi connectivity index (χ0v) is 16.2. The molecule has 0 saturated heterocycles. The van der Waals surface area contributed by atoms with Crippen molar-refractivity contribution in [1.29, 1.82) is 0 Å². The van der Waals surface area contributed by atoms with E-state index >= 15 is 0 Å². The van der Waals surface area contributed by atoms with Crippen LogP contribution in [-0.4, -0.2) is 5.91 Å². The van der Waals surface area contributed by atoms with Crippen LogP contribution in [0.1, 0.15) is 45.7 Å². The first-order valence-corrected chi connectivity index (χ1v) is 9.76. The van der Waals surface area contributed by atoms with Crippen LogP contribution in [0.5, 0.6) is 5.75 Å². The van der Waals surface area contributed by atoms with Gasteiger partial charge >= 0.3 is 0 Å². The number of rotatable bonds is 7. The third-order valence-electron chi connectivity index (χ3n) is 4.29. The number of hydrogen-bond donors (Lipinski definition) is 1. The molecule has 1 heterocycles. The van der Waals surface area contributed by atoms with E-state index in [0.717, 1.165) is 17.5 Å². The summed E-state index contributed by atoms with van der Waals surface area (Å²) >= 11 is 1.39. The van der Waals surface area contributed by atoms with E-state index in [2.05, 4.69) is 36.5 Å². The SMILES string of the molecule is CCC(NC(=O)c1cc(COc2ccc(F)cc2)cs1)c1ccc(C)cc1. The van der Waals surface area contributed by atoms with Crippen LogP contribution in [-0.2, 0) is 6.61 Å². The molecule has 1 unspecified atom stereocenters. The Hall–Kier alpha value is -2.66. The maximum absolute atomic E-state index is 12.9. The summed E-state index contributed by atoms with van der Waals surface area (Å²) in [6, 6.07) is 15.9. The van der Waals surface area contributed by atoms with Gasteiger partial charge in [-0.05, 0) is 54.6 Å². The van der Waals surface area contributed by atoms with E-state index in [4.69, 9.17) is 4.74 Å². The number of hydrogen-bond acceptors (Lipinski definition) is 3. The van der Waals surface area contributed by atoms with E-state index < -0.39 is 0 Å². The highest BCUT2D eigenvalue weighted by Crippen LogP contribution is 2.21. The molecule has 27 heavy (non-hydrogen) atoms. The number of ether oxygens (including phenoxy) is 1. The first kappa shape index (κ1) is 19.1. The second-order valence-corrected chi connectivity index (χ2v) is 7.32. The Kier molecular flexibility index (Phi) is 6.24. The molecular weight excluding hydrogens is 361 g/mol. The molecule has 0 aliphatic rings. The number of benzene rings is 2. The molecule has 3 rings (SSSR count). The van der Waals surface area contributed by atoms with Crippen molar-refractivity contribution in [2.24, 2.45) is 0 Å². The smallest absolute Gasteiger partial charge is 0.261 e. The third-order valence-corrected chi connectivity index (χ3v) is 5.27. The van der Waals surface area contributed by atoms with Crippen molar-refractivity contribution in [3.63, 3.8) is 0 Å². The quantitative estimate of drug-likeness (QED) is 0.572. The number of thiophene rings is 1. The Morgan fingerprint density at radius 1 is 1.15 bits per heavy atom. The third kappa shape index (κ3) is 5.17. The molecule has 0 bridgehead atoms. The molecule has 2 aromatic carbocycles. The normalized spacial score (nSPS) is 11.8. The fraction of sp³-hybridized carbons (Fsp3) is 0.227. The van der Waals surface area contributed by atoms with Gasteiger partial charge in [-0.3, -0.25) is 4.79 Å². The zero-order chi connectivity index (χ0) is 19.2. The molecular formula is C22H22FNO2S. The number of aryl methyl sites for hydroxylation is 1. The average Bonchev–Trinajstić information content (AvgIpc) is 3.15. The highest BCUT2D eigenvalue weighted by molar-refractivity contribution is 7.12. The monoisotopic (exact) mass is 383 g/mol. The fourth-order valence-corrected chi connectivity index (χ4v) is 3.52. The minimum Gasteiger partial charge on any atom is -0.489 e. The van der Waals surface area contributed by atoms with E-state index in [0.29, 0.717) is 17.2 Å². The summed E-state index contributed by atoms with van der Waals surface area (Å²) in [5.74, 6) is 0.218. The van der Waals surface area contributed by atoms with Crippen LogP contribution < -0.4 is 10.1 Å². The van der Waals surface area contributed by atoms with Gasteiger partial charge in [0.05, 0.1) is 10.9 Å².